The van der Waals surface area contributed by atoms with Gasteiger partial charge in [-0.15, -0.1) is 11.8 Å². The van der Waals surface area contributed by atoms with Crippen molar-refractivity contribution >= 4 is 35.2 Å². The van der Waals surface area contributed by atoms with Crippen LogP contribution in [0.4, 0.5) is 4.39 Å². The first-order valence-electron chi connectivity index (χ1n) is 7.96. The molecule has 0 atom stereocenters. The highest BCUT2D eigenvalue weighted by molar-refractivity contribution is 7.99. The third-order valence-corrected chi connectivity index (χ3v) is 4.77. The van der Waals surface area contributed by atoms with E-state index in [1.54, 1.807) is 31.3 Å². The Morgan fingerprint density at radius 2 is 1.77 bits per heavy atom. The third kappa shape index (κ3) is 7.06. The first-order chi connectivity index (χ1) is 12.4. The molecular weight excluding hydrogens is 377 g/mol. The largest absolute Gasteiger partial charge is 0.456 e. The number of thioether (sulfide) groups is 1. The molecule has 0 radical (unpaired) electrons. The van der Waals surface area contributed by atoms with Crippen LogP contribution in [0.25, 0.3) is 0 Å². The van der Waals surface area contributed by atoms with E-state index in [0.29, 0.717) is 17.3 Å². The van der Waals surface area contributed by atoms with Crippen molar-refractivity contribution in [3.63, 3.8) is 0 Å². The first-order valence-corrected chi connectivity index (χ1v) is 9.33. The smallest absolute Gasteiger partial charge is 0.307 e. The molecule has 0 aromatic heterocycles. The first kappa shape index (κ1) is 20.3. The summed E-state index contributed by atoms with van der Waals surface area (Å²) < 4.78 is 17.9. The van der Waals surface area contributed by atoms with Crippen molar-refractivity contribution in [3.8, 4) is 0 Å². The standard InChI is InChI=1S/C19H19ClFNO3S/c1-22(12-14-2-6-16(21)7-3-14)18(23)13-25-19(24)10-11-26-17-8-4-15(20)5-9-17/h2-9H,10-13H2,1H3. The maximum Gasteiger partial charge on any atom is 0.307 e. The molecule has 1 amide bonds. The highest BCUT2D eigenvalue weighted by Crippen LogP contribution is 2.21. The van der Waals surface area contributed by atoms with Crippen LogP contribution in [0.1, 0.15) is 12.0 Å². The van der Waals surface area contributed by atoms with Gasteiger partial charge in [0.15, 0.2) is 6.61 Å². The Hall–Kier alpha value is -2.05. The lowest BCUT2D eigenvalue weighted by molar-refractivity contribution is -0.151. The fourth-order valence-electron chi connectivity index (χ4n) is 2.06. The van der Waals surface area contributed by atoms with Gasteiger partial charge in [0, 0.05) is 29.3 Å². The molecule has 2 aromatic carbocycles. The molecule has 26 heavy (non-hydrogen) atoms. The van der Waals surface area contributed by atoms with Gasteiger partial charge in [-0.25, -0.2) is 4.39 Å². The number of ether oxygens (including phenoxy) is 1. The average Bonchev–Trinajstić information content (AvgIpc) is 2.63. The van der Waals surface area contributed by atoms with Crippen LogP contribution in [-0.2, 0) is 20.9 Å². The number of nitrogens with zero attached hydrogens (tertiary/aromatic N) is 1. The molecule has 0 aliphatic heterocycles. The van der Waals surface area contributed by atoms with Crippen LogP contribution in [0.5, 0.6) is 0 Å². The number of carbonyl (C=O) groups is 2. The fraction of sp³-hybridized carbons (Fsp3) is 0.263. The highest BCUT2D eigenvalue weighted by atomic mass is 35.5. The van der Waals surface area contributed by atoms with E-state index in [0.717, 1.165) is 10.5 Å². The highest BCUT2D eigenvalue weighted by Gasteiger charge is 2.12. The van der Waals surface area contributed by atoms with Gasteiger partial charge in [0.05, 0.1) is 6.42 Å². The fourth-order valence-corrected chi connectivity index (χ4v) is 3.02. The van der Waals surface area contributed by atoms with Crippen LogP contribution >= 0.6 is 23.4 Å². The SMILES string of the molecule is CN(Cc1ccc(F)cc1)C(=O)COC(=O)CCSc1ccc(Cl)cc1. The summed E-state index contributed by atoms with van der Waals surface area (Å²) in [4.78, 5) is 26.2. The van der Waals surface area contributed by atoms with Crippen molar-refractivity contribution in [3.05, 3.63) is 64.9 Å². The number of rotatable bonds is 8. The van der Waals surface area contributed by atoms with Gasteiger partial charge in [-0.1, -0.05) is 23.7 Å². The van der Waals surface area contributed by atoms with E-state index >= 15 is 0 Å². The number of hydrogen-bond acceptors (Lipinski definition) is 4. The number of likely N-dealkylation sites (N-methyl/N-ethyl adjacent to an activating group) is 1. The number of hydrogen-bond donors (Lipinski definition) is 0. The van der Waals surface area contributed by atoms with Gasteiger partial charge >= 0.3 is 5.97 Å². The van der Waals surface area contributed by atoms with Crippen molar-refractivity contribution in [1.29, 1.82) is 0 Å². The van der Waals surface area contributed by atoms with Crippen molar-refractivity contribution < 1.29 is 18.7 Å². The predicted molar refractivity (Wildman–Crippen MR) is 101 cm³/mol. The van der Waals surface area contributed by atoms with Crippen LogP contribution in [0.2, 0.25) is 5.02 Å². The molecule has 138 valence electrons. The lowest BCUT2D eigenvalue weighted by Crippen LogP contribution is -2.30. The normalized spacial score (nSPS) is 10.4. The van der Waals surface area contributed by atoms with Gasteiger partial charge in [-0.3, -0.25) is 9.59 Å². The van der Waals surface area contributed by atoms with E-state index in [1.165, 1.54) is 28.8 Å². The molecule has 2 rings (SSSR count). The quantitative estimate of drug-likeness (QED) is 0.497. The second kappa shape index (κ2) is 10.2. The zero-order chi connectivity index (χ0) is 18.9. The Balaban J connectivity index is 1.66. The molecule has 0 saturated carbocycles. The number of esters is 1. The van der Waals surface area contributed by atoms with Gasteiger partial charge < -0.3 is 9.64 Å². The Kier molecular flexibility index (Phi) is 7.94. The Bertz CT molecular complexity index is 737. The summed E-state index contributed by atoms with van der Waals surface area (Å²) in [7, 11) is 1.61. The zero-order valence-electron chi connectivity index (χ0n) is 14.3. The summed E-state index contributed by atoms with van der Waals surface area (Å²) in [5.41, 5.74) is 0.799. The van der Waals surface area contributed by atoms with Crippen molar-refractivity contribution in [2.45, 2.75) is 17.9 Å². The molecule has 4 nitrogen and oxygen atoms in total. The summed E-state index contributed by atoms with van der Waals surface area (Å²) in [5.74, 6) is -0.503. The summed E-state index contributed by atoms with van der Waals surface area (Å²) in [6.07, 6.45) is 0.211. The van der Waals surface area contributed by atoms with E-state index in [-0.39, 0.29) is 24.8 Å². The summed E-state index contributed by atoms with van der Waals surface area (Å²) in [6, 6.07) is 13.2. The molecule has 0 aliphatic rings. The lowest BCUT2D eigenvalue weighted by Gasteiger charge is -2.17. The van der Waals surface area contributed by atoms with Gasteiger partial charge in [0.2, 0.25) is 0 Å². The minimum atomic E-state index is -0.421. The molecule has 0 aliphatic carbocycles. The van der Waals surface area contributed by atoms with Gasteiger partial charge in [-0.2, -0.15) is 0 Å². The van der Waals surface area contributed by atoms with Crippen LogP contribution in [-0.4, -0.2) is 36.2 Å². The maximum atomic E-state index is 12.9. The zero-order valence-corrected chi connectivity index (χ0v) is 15.9. The maximum absolute atomic E-state index is 12.9. The Morgan fingerprint density at radius 1 is 1.12 bits per heavy atom. The van der Waals surface area contributed by atoms with Crippen molar-refractivity contribution in [1.82, 2.24) is 4.90 Å². The van der Waals surface area contributed by atoms with E-state index in [2.05, 4.69) is 0 Å². The lowest BCUT2D eigenvalue weighted by atomic mass is 10.2. The summed E-state index contributed by atoms with van der Waals surface area (Å²) >= 11 is 7.33. The van der Waals surface area contributed by atoms with E-state index < -0.39 is 5.97 Å². The van der Waals surface area contributed by atoms with E-state index in [9.17, 15) is 14.0 Å². The third-order valence-electron chi connectivity index (χ3n) is 3.50. The molecule has 2 aromatic rings. The number of halogens is 2. The Morgan fingerprint density at radius 3 is 2.42 bits per heavy atom. The minimum Gasteiger partial charge on any atom is -0.456 e. The second-order valence-electron chi connectivity index (χ2n) is 5.59. The molecule has 0 saturated heterocycles. The molecule has 7 heteroatoms. The van der Waals surface area contributed by atoms with Crippen LogP contribution < -0.4 is 0 Å². The summed E-state index contributed by atoms with van der Waals surface area (Å²) in [5, 5.41) is 0.664. The monoisotopic (exact) mass is 395 g/mol. The van der Waals surface area contributed by atoms with E-state index in [4.69, 9.17) is 16.3 Å². The number of carbonyl (C=O) groups excluding carboxylic acids is 2. The predicted octanol–water partition coefficient (Wildman–Crippen LogP) is 4.16. The van der Waals surface area contributed by atoms with Crippen LogP contribution in [0.3, 0.4) is 0 Å². The average molecular weight is 396 g/mol. The Labute approximate surface area is 161 Å². The van der Waals surface area contributed by atoms with Crippen LogP contribution in [0.15, 0.2) is 53.4 Å². The molecule has 0 N–H and O–H groups in total. The van der Waals surface area contributed by atoms with Crippen molar-refractivity contribution in [2.75, 3.05) is 19.4 Å². The molecular formula is C19H19ClFNO3S. The molecule has 0 unspecified atom stereocenters. The van der Waals surface area contributed by atoms with Crippen LogP contribution in [0, 0.1) is 5.82 Å². The minimum absolute atomic E-state index is 0.211. The number of benzene rings is 2. The van der Waals surface area contributed by atoms with Gasteiger partial charge in [0.25, 0.3) is 5.91 Å². The van der Waals surface area contributed by atoms with E-state index in [1.807, 2.05) is 12.1 Å². The van der Waals surface area contributed by atoms with Gasteiger partial charge in [0.1, 0.15) is 5.82 Å². The number of amides is 1. The summed E-state index contributed by atoms with van der Waals surface area (Å²) in [6.45, 7) is 0.0191. The van der Waals surface area contributed by atoms with Gasteiger partial charge in [-0.05, 0) is 42.0 Å². The topological polar surface area (TPSA) is 46.6 Å². The molecule has 0 bridgehead atoms. The molecule has 0 heterocycles. The second-order valence-corrected chi connectivity index (χ2v) is 7.19. The van der Waals surface area contributed by atoms with Crippen molar-refractivity contribution in [2.24, 2.45) is 0 Å². The molecule has 0 spiro atoms. The molecule has 0 fully saturated rings.